The summed E-state index contributed by atoms with van der Waals surface area (Å²) >= 11 is 0. The molecule has 108 valence electrons. The predicted molar refractivity (Wildman–Crippen MR) is 90.9 cm³/mol. The van der Waals surface area contributed by atoms with E-state index in [9.17, 15) is 0 Å². The standard InChI is InChI=1S/C20H18N2/c1-3-14-9-18-8-7-17(11-19(18)20(2,22)12-14)16-6-4-5-15(10-16)13-21/h3-11H,1,12,22H2,2H3. The van der Waals surface area contributed by atoms with E-state index in [1.54, 1.807) is 0 Å². The van der Waals surface area contributed by atoms with E-state index in [1.807, 2.05) is 30.3 Å². The fraction of sp³-hybridized carbons (Fsp3) is 0.150. The minimum Gasteiger partial charge on any atom is -0.321 e. The summed E-state index contributed by atoms with van der Waals surface area (Å²) < 4.78 is 0. The Labute approximate surface area is 131 Å². The van der Waals surface area contributed by atoms with Crippen molar-refractivity contribution in [2.75, 3.05) is 0 Å². The van der Waals surface area contributed by atoms with E-state index >= 15 is 0 Å². The summed E-state index contributed by atoms with van der Waals surface area (Å²) in [4.78, 5) is 0. The molecule has 22 heavy (non-hydrogen) atoms. The smallest absolute Gasteiger partial charge is 0.0991 e. The Morgan fingerprint density at radius 1 is 1.23 bits per heavy atom. The van der Waals surface area contributed by atoms with E-state index in [0.29, 0.717) is 5.56 Å². The Kier molecular flexibility index (Phi) is 3.44. The minimum atomic E-state index is -0.406. The van der Waals surface area contributed by atoms with Gasteiger partial charge < -0.3 is 5.73 Å². The van der Waals surface area contributed by atoms with Gasteiger partial charge in [-0.3, -0.25) is 0 Å². The van der Waals surface area contributed by atoms with Crippen molar-refractivity contribution >= 4 is 6.08 Å². The molecule has 0 saturated heterocycles. The molecule has 3 rings (SSSR count). The highest BCUT2D eigenvalue weighted by Crippen LogP contribution is 2.37. The highest BCUT2D eigenvalue weighted by atomic mass is 14.7. The zero-order valence-corrected chi connectivity index (χ0v) is 12.6. The van der Waals surface area contributed by atoms with Crippen LogP contribution in [0, 0.1) is 11.3 Å². The van der Waals surface area contributed by atoms with Gasteiger partial charge in [0.25, 0.3) is 0 Å². The molecule has 2 aromatic rings. The van der Waals surface area contributed by atoms with Crippen molar-refractivity contribution in [2.24, 2.45) is 5.73 Å². The molecule has 0 fully saturated rings. The SMILES string of the molecule is C=CC1=Cc2ccc(-c3cccc(C#N)c3)cc2C(C)(N)C1. The normalized spacial score (nSPS) is 19.8. The minimum absolute atomic E-state index is 0.406. The van der Waals surface area contributed by atoms with Gasteiger partial charge in [-0.25, -0.2) is 0 Å². The zero-order chi connectivity index (χ0) is 15.7. The summed E-state index contributed by atoms with van der Waals surface area (Å²) in [7, 11) is 0. The first-order valence-electron chi connectivity index (χ1n) is 7.30. The van der Waals surface area contributed by atoms with E-state index in [1.165, 1.54) is 0 Å². The Bertz CT molecular complexity index is 820. The van der Waals surface area contributed by atoms with Gasteiger partial charge in [0.2, 0.25) is 0 Å². The van der Waals surface area contributed by atoms with Gasteiger partial charge in [0.05, 0.1) is 11.6 Å². The van der Waals surface area contributed by atoms with Gasteiger partial charge in [0.1, 0.15) is 0 Å². The number of rotatable bonds is 2. The highest BCUT2D eigenvalue weighted by molar-refractivity contribution is 5.72. The maximum atomic E-state index is 9.05. The van der Waals surface area contributed by atoms with Gasteiger partial charge in [0.15, 0.2) is 0 Å². The summed E-state index contributed by atoms with van der Waals surface area (Å²) in [6.07, 6.45) is 4.80. The average Bonchev–Trinajstić information content (AvgIpc) is 2.54. The second-order valence-electron chi connectivity index (χ2n) is 6.01. The molecule has 1 unspecified atom stereocenters. The van der Waals surface area contributed by atoms with Gasteiger partial charge in [-0.05, 0) is 59.4 Å². The van der Waals surface area contributed by atoms with E-state index in [-0.39, 0.29) is 0 Å². The van der Waals surface area contributed by atoms with Gasteiger partial charge in [-0.2, -0.15) is 5.26 Å². The average molecular weight is 286 g/mol. The van der Waals surface area contributed by atoms with Crippen molar-refractivity contribution in [3.05, 3.63) is 77.4 Å². The predicted octanol–water partition coefficient (Wildman–Crippen LogP) is 4.37. The highest BCUT2D eigenvalue weighted by Gasteiger charge is 2.28. The molecule has 1 aliphatic carbocycles. The molecule has 2 aromatic carbocycles. The largest absolute Gasteiger partial charge is 0.321 e. The Balaban J connectivity index is 2.13. The van der Waals surface area contributed by atoms with Crippen LogP contribution in [0.1, 0.15) is 30.0 Å². The monoisotopic (exact) mass is 286 g/mol. The summed E-state index contributed by atoms with van der Waals surface area (Å²) in [5, 5.41) is 9.05. The molecule has 0 aromatic heterocycles. The van der Waals surface area contributed by atoms with Gasteiger partial charge >= 0.3 is 0 Å². The summed E-state index contributed by atoms with van der Waals surface area (Å²) in [6.45, 7) is 5.91. The number of benzene rings is 2. The lowest BCUT2D eigenvalue weighted by Gasteiger charge is -2.32. The van der Waals surface area contributed by atoms with Gasteiger partial charge in [-0.1, -0.05) is 43.0 Å². The fourth-order valence-electron chi connectivity index (χ4n) is 3.03. The first-order chi connectivity index (χ1) is 10.5. The molecule has 1 atom stereocenters. The van der Waals surface area contributed by atoms with Crippen LogP contribution in [-0.4, -0.2) is 0 Å². The summed E-state index contributed by atoms with van der Waals surface area (Å²) in [5.74, 6) is 0. The van der Waals surface area contributed by atoms with Crippen LogP contribution < -0.4 is 5.73 Å². The van der Waals surface area contributed by atoms with Crippen LogP contribution in [0.15, 0.2) is 60.7 Å². The lowest BCUT2D eigenvalue weighted by atomic mass is 9.77. The topological polar surface area (TPSA) is 49.8 Å². The molecule has 1 aliphatic rings. The molecule has 0 bridgehead atoms. The molecule has 0 radical (unpaired) electrons. The summed E-state index contributed by atoms with van der Waals surface area (Å²) in [5.41, 5.74) is 12.3. The van der Waals surface area contributed by atoms with E-state index in [4.69, 9.17) is 11.0 Å². The van der Waals surface area contributed by atoms with Crippen molar-refractivity contribution in [3.63, 3.8) is 0 Å². The molecule has 0 spiro atoms. The van der Waals surface area contributed by atoms with Crippen molar-refractivity contribution in [2.45, 2.75) is 18.9 Å². The Morgan fingerprint density at radius 2 is 2.00 bits per heavy atom. The number of hydrogen-bond acceptors (Lipinski definition) is 2. The molecule has 2 heteroatoms. The van der Waals surface area contributed by atoms with Gasteiger partial charge in [0, 0.05) is 5.54 Å². The third kappa shape index (κ3) is 2.47. The van der Waals surface area contributed by atoms with Crippen LogP contribution in [0.5, 0.6) is 0 Å². The third-order valence-electron chi connectivity index (χ3n) is 4.17. The zero-order valence-electron chi connectivity index (χ0n) is 12.6. The third-order valence-corrected chi connectivity index (χ3v) is 4.17. The van der Waals surface area contributed by atoms with Crippen LogP contribution in [-0.2, 0) is 5.54 Å². The molecular weight excluding hydrogens is 268 g/mol. The Morgan fingerprint density at radius 3 is 2.73 bits per heavy atom. The van der Waals surface area contributed by atoms with Crippen molar-refractivity contribution in [3.8, 4) is 17.2 Å². The second-order valence-corrected chi connectivity index (χ2v) is 6.01. The molecule has 0 saturated carbocycles. The second kappa shape index (κ2) is 5.29. The Hall–Kier alpha value is -2.63. The maximum Gasteiger partial charge on any atom is 0.0991 e. The number of nitrogens with zero attached hydrogens (tertiary/aromatic N) is 1. The number of allylic oxidation sites excluding steroid dienone is 1. The van der Waals surface area contributed by atoms with Crippen LogP contribution in [0.4, 0.5) is 0 Å². The van der Waals surface area contributed by atoms with Crippen molar-refractivity contribution in [1.82, 2.24) is 0 Å². The summed E-state index contributed by atoms with van der Waals surface area (Å²) in [6, 6.07) is 16.1. The first-order valence-corrected chi connectivity index (χ1v) is 7.30. The van der Waals surface area contributed by atoms with Crippen LogP contribution >= 0.6 is 0 Å². The molecular formula is C20H18N2. The number of fused-ring (bicyclic) bond motifs is 1. The van der Waals surface area contributed by atoms with E-state index < -0.39 is 5.54 Å². The molecule has 0 amide bonds. The van der Waals surface area contributed by atoms with E-state index in [2.05, 4.69) is 43.8 Å². The van der Waals surface area contributed by atoms with E-state index in [0.717, 1.165) is 34.2 Å². The molecule has 2 nitrogen and oxygen atoms in total. The van der Waals surface area contributed by atoms with Crippen molar-refractivity contribution in [1.29, 1.82) is 5.26 Å². The fourth-order valence-corrected chi connectivity index (χ4v) is 3.03. The van der Waals surface area contributed by atoms with Crippen molar-refractivity contribution < 1.29 is 0 Å². The lowest BCUT2D eigenvalue weighted by Crippen LogP contribution is -2.35. The van der Waals surface area contributed by atoms with Gasteiger partial charge in [-0.15, -0.1) is 0 Å². The number of nitrogens with two attached hydrogens (primary N) is 1. The molecule has 0 heterocycles. The lowest BCUT2D eigenvalue weighted by molar-refractivity contribution is 0.488. The number of nitriles is 1. The maximum absolute atomic E-state index is 9.05. The quantitative estimate of drug-likeness (QED) is 0.891. The van der Waals surface area contributed by atoms with Crippen LogP contribution in [0.25, 0.3) is 17.2 Å². The van der Waals surface area contributed by atoms with Crippen LogP contribution in [0.3, 0.4) is 0 Å². The number of hydrogen-bond donors (Lipinski definition) is 1. The van der Waals surface area contributed by atoms with Crippen LogP contribution in [0.2, 0.25) is 0 Å². The molecule has 2 N–H and O–H groups in total. The first kappa shape index (κ1) is 14.3. The molecule has 0 aliphatic heterocycles.